The second-order valence-corrected chi connectivity index (χ2v) is 11.0. The van der Waals surface area contributed by atoms with Crippen LogP contribution in [0.3, 0.4) is 0 Å². The highest BCUT2D eigenvalue weighted by Gasteiger charge is 2.41. The van der Waals surface area contributed by atoms with Gasteiger partial charge in [0.2, 0.25) is 0 Å². The highest BCUT2D eigenvalue weighted by atomic mass is 28.4. The van der Waals surface area contributed by atoms with Gasteiger partial charge in [0, 0.05) is 7.11 Å². The van der Waals surface area contributed by atoms with E-state index >= 15 is 0 Å². The lowest BCUT2D eigenvalue weighted by Gasteiger charge is -2.40. The molecule has 0 spiro atoms. The third-order valence-electron chi connectivity index (χ3n) is 3.54. The number of terminal acetylenes is 1. The highest BCUT2D eigenvalue weighted by Crippen LogP contribution is 2.37. The fraction of sp³-hybridized carbons (Fsp3) is 0.857. The smallest absolute Gasteiger partial charge is 0.193 e. The lowest BCUT2D eigenvalue weighted by molar-refractivity contribution is -0.133. The van der Waals surface area contributed by atoms with Crippen LogP contribution in [0, 0.1) is 12.3 Å². The molecule has 0 amide bonds. The van der Waals surface area contributed by atoms with Crippen molar-refractivity contribution in [3.63, 3.8) is 0 Å². The van der Waals surface area contributed by atoms with Gasteiger partial charge in [0.05, 0.1) is 6.10 Å². The number of methoxy groups -OCH3 is 1. The van der Waals surface area contributed by atoms with Gasteiger partial charge in [-0.3, -0.25) is 0 Å². The minimum absolute atomic E-state index is 0.0482. The summed E-state index contributed by atoms with van der Waals surface area (Å²) in [4.78, 5) is 0. The Labute approximate surface area is 118 Å². The van der Waals surface area contributed by atoms with Crippen LogP contribution < -0.4 is 0 Å². The van der Waals surface area contributed by atoms with Crippen molar-refractivity contribution < 1.29 is 19.0 Å². The molecule has 0 heterocycles. The molecular weight excluding hydrogens is 260 g/mol. The fourth-order valence-electron chi connectivity index (χ4n) is 1.32. The van der Waals surface area contributed by atoms with Crippen molar-refractivity contribution in [1.82, 2.24) is 0 Å². The Morgan fingerprint density at radius 1 is 1.32 bits per heavy atom. The SMILES string of the molecule is C#C[C@H](O[Si](C)(C)C(C)(C)C)[C@H](OCOC)[C@@H](C)O. The molecule has 0 unspecified atom stereocenters. The molecule has 19 heavy (non-hydrogen) atoms. The van der Waals surface area contributed by atoms with Gasteiger partial charge < -0.3 is 19.0 Å². The lowest BCUT2D eigenvalue weighted by atomic mass is 10.1. The summed E-state index contributed by atoms with van der Waals surface area (Å²) in [6, 6.07) is 0. The summed E-state index contributed by atoms with van der Waals surface area (Å²) >= 11 is 0. The molecule has 5 heteroatoms. The zero-order valence-electron chi connectivity index (χ0n) is 13.2. The maximum absolute atomic E-state index is 9.80. The van der Waals surface area contributed by atoms with E-state index in [4.69, 9.17) is 20.3 Å². The molecule has 4 nitrogen and oxygen atoms in total. The van der Waals surface area contributed by atoms with Gasteiger partial charge in [-0.25, -0.2) is 0 Å². The molecule has 0 aliphatic rings. The molecule has 0 radical (unpaired) electrons. The summed E-state index contributed by atoms with van der Waals surface area (Å²) in [5.41, 5.74) is 0. The first-order valence-electron chi connectivity index (χ1n) is 6.49. The van der Waals surface area contributed by atoms with Crippen LogP contribution >= 0.6 is 0 Å². The predicted molar refractivity (Wildman–Crippen MR) is 79.3 cm³/mol. The second kappa shape index (κ2) is 7.41. The molecule has 0 saturated carbocycles. The van der Waals surface area contributed by atoms with Crippen LogP contribution in [0.2, 0.25) is 18.1 Å². The Bertz CT molecular complexity index is 302. The third-order valence-corrected chi connectivity index (χ3v) is 8.00. The first-order chi connectivity index (χ1) is 8.56. The van der Waals surface area contributed by atoms with Gasteiger partial charge in [-0.2, -0.15) is 0 Å². The Kier molecular flexibility index (Phi) is 7.26. The molecule has 0 aromatic carbocycles. The van der Waals surface area contributed by atoms with Crippen LogP contribution in [0.25, 0.3) is 0 Å². The number of hydrogen-bond acceptors (Lipinski definition) is 4. The Morgan fingerprint density at radius 3 is 2.16 bits per heavy atom. The normalized spacial score (nSPS) is 17.6. The Balaban J connectivity index is 4.94. The second-order valence-electron chi connectivity index (χ2n) is 6.24. The monoisotopic (exact) mass is 288 g/mol. The van der Waals surface area contributed by atoms with Gasteiger partial charge >= 0.3 is 0 Å². The average molecular weight is 288 g/mol. The van der Waals surface area contributed by atoms with Crippen LogP contribution in [0.5, 0.6) is 0 Å². The van der Waals surface area contributed by atoms with Gasteiger partial charge in [0.1, 0.15) is 19.0 Å². The zero-order chi connectivity index (χ0) is 15.3. The van der Waals surface area contributed by atoms with Crippen molar-refractivity contribution in [3.05, 3.63) is 0 Å². The Hall–Kier alpha value is -0.383. The van der Waals surface area contributed by atoms with E-state index in [2.05, 4.69) is 39.8 Å². The van der Waals surface area contributed by atoms with Gasteiger partial charge in [-0.05, 0) is 25.1 Å². The molecule has 1 N–H and O–H groups in total. The molecule has 0 bridgehead atoms. The molecule has 0 rings (SSSR count). The van der Waals surface area contributed by atoms with Crippen molar-refractivity contribution in [1.29, 1.82) is 0 Å². The predicted octanol–water partition coefficient (Wildman–Crippen LogP) is 2.38. The largest absolute Gasteiger partial charge is 0.401 e. The van der Waals surface area contributed by atoms with Crippen LogP contribution in [0.1, 0.15) is 27.7 Å². The molecule has 0 saturated heterocycles. The quantitative estimate of drug-likeness (QED) is 0.444. The summed E-state index contributed by atoms with van der Waals surface area (Å²) in [6.07, 6.45) is 3.67. The van der Waals surface area contributed by atoms with E-state index in [1.165, 1.54) is 7.11 Å². The number of aliphatic hydroxyl groups excluding tert-OH is 1. The maximum atomic E-state index is 9.80. The van der Waals surface area contributed by atoms with Crippen LogP contribution in [0.15, 0.2) is 0 Å². The number of hydrogen-bond donors (Lipinski definition) is 1. The van der Waals surface area contributed by atoms with E-state index in [-0.39, 0.29) is 11.8 Å². The van der Waals surface area contributed by atoms with E-state index in [1.54, 1.807) is 6.92 Å². The molecule has 0 aromatic heterocycles. The molecule has 112 valence electrons. The van der Waals surface area contributed by atoms with Gasteiger partial charge in [-0.15, -0.1) is 6.42 Å². The van der Waals surface area contributed by atoms with E-state index in [9.17, 15) is 5.11 Å². The van der Waals surface area contributed by atoms with E-state index < -0.39 is 26.6 Å². The van der Waals surface area contributed by atoms with Crippen LogP contribution in [-0.2, 0) is 13.9 Å². The minimum atomic E-state index is -2.01. The summed E-state index contributed by atoms with van der Waals surface area (Å²) in [7, 11) is -0.485. The van der Waals surface area contributed by atoms with Crippen molar-refractivity contribution >= 4 is 8.32 Å². The molecule has 0 aliphatic heterocycles. The standard InChI is InChI=1S/C14H28O4Si/c1-9-12(13(11(2)15)17-10-16-6)18-19(7,8)14(3,4)5/h1,11-13,15H,10H2,2-8H3/t11-,12+,13-/m1/s1. The van der Waals surface area contributed by atoms with Crippen molar-refractivity contribution in [2.45, 2.75) is 64.1 Å². The summed E-state index contributed by atoms with van der Waals surface area (Å²) in [5, 5.41) is 9.85. The summed E-state index contributed by atoms with van der Waals surface area (Å²) < 4.78 is 16.4. The van der Waals surface area contributed by atoms with Crippen LogP contribution in [0.4, 0.5) is 0 Å². The Morgan fingerprint density at radius 2 is 1.84 bits per heavy atom. The third kappa shape index (κ3) is 5.63. The highest BCUT2D eigenvalue weighted by molar-refractivity contribution is 6.74. The number of rotatable bonds is 7. The molecule has 3 atom stereocenters. The van der Waals surface area contributed by atoms with Crippen molar-refractivity contribution in [2.24, 2.45) is 0 Å². The lowest BCUT2D eigenvalue weighted by Crippen LogP contribution is -2.49. The van der Waals surface area contributed by atoms with Gasteiger partial charge in [-0.1, -0.05) is 26.7 Å². The molecule has 0 aromatic rings. The maximum Gasteiger partial charge on any atom is 0.193 e. The van der Waals surface area contributed by atoms with Crippen LogP contribution in [-0.4, -0.2) is 45.6 Å². The van der Waals surface area contributed by atoms with E-state index in [0.29, 0.717) is 0 Å². The fourth-order valence-corrected chi connectivity index (χ4v) is 2.51. The first kappa shape index (κ1) is 18.6. The van der Waals surface area contributed by atoms with Gasteiger partial charge in [0.15, 0.2) is 8.32 Å². The van der Waals surface area contributed by atoms with E-state index in [1.807, 2.05) is 0 Å². The number of aliphatic hydroxyl groups is 1. The van der Waals surface area contributed by atoms with Crippen molar-refractivity contribution in [2.75, 3.05) is 13.9 Å². The van der Waals surface area contributed by atoms with Gasteiger partial charge in [0.25, 0.3) is 0 Å². The molecule has 0 aliphatic carbocycles. The van der Waals surface area contributed by atoms with Crippen molar-refractivity contribution in [3.8, 4) is 12.3 Å². The van der Waals surface area contributed by atoms with E-state index in [0.717, 1.165) is 0 Å². The summed E-state index contributed by atoms with van der Waals surface area (Å²) in [5.74, 6) is 2.59. The topological polar surface area (TPSA) is 47.9 Å². The number of ether oxygens (including phenoxy) is 2. The minimum Gasteiger partial charge on any atom is -0.401 e. The summed E-state index contributed by atoms with van der Waals surface area (Å²) in [6.45, 7) is 12.4. The average Bonchev–Trinajstić information content (AvgIpc) is 2.25. The molecule has 0 fully saturated rings. The zero-order valence-corrected chi connectivity index (χ0v) is 14.2. The molecular formula is C14H28O4Si. The first-order valence-corrected chi connectivity index (χ1v) is 9.40.